The highest BCUT2D eigenvalue weighted by Gasteiger charge is 2.39. The van der Waals surface area contributed by atoms with Gasteiger partial charge in [-0.15, -0.1) is 0 Å². The van der Waals surface area contributed by atoms with E-state index in [9.17, 15) is 9.59 Å². The van der Waals surface area contributed by atoms with Gasteiger partial charge in [0.2, 0.25) is 0 Å². The first-order chi connectivity index (χ1) is 10.6. The summed E-state index contributed by atoms with van der Waals surface area (Å²) in [6, 6.07) is 3.55. The molecule has 1 aliphatic heterocycles. The van der Waals surface area contributed by atoms with Crippen LogP contribution in [0.5, 0.6) is 0 Å². The second-order valence-corrected chi connectivity index (χ2v) is 6.20. The van der Waals surface area contributed by atoms with Gasteiger partial charge in [-0.05, 0) is 38.3 Å². The van der Waals surface area contributed by atoms with Crippen LogP contribution in [-0.2, 0) is 9.53 Å². The van der Waals surface area contributed by atoms with E-state index in [1.165, 1.54) is 0 Å². The number of aryl methyl sites for hydroxylation is 2. The minimum Gasteiger partial charge on any atom is -0.377 e. The van der Waals surface area contributed by atoms with Crippen LogP contribution in [-0.4, -0.2) is 47.4 Å². The van der Waals surface area contributed by atoms with Crippen LogP contribution in [0.1, 0.15) is 41.0 Å². The lowest BCUT2D eigenvalue weighted by atomic mass is 9.95. The number of Topliss-reactive ketones (excluding diaryl/α,β-unsaturated/α-hetero) is 1. The first kappa shape index (κ1) is 15.2. The second kappa shape index (κ2) is 6.16. The molecule has 2 unspecified atom stereocenters. The summed E-state index contributed by atoms with van der Waals surface area (Å²) in [5.74, 6) is 0.105. The molecule has 2 fully saturated rings. The van der Waals surface area contributed by atoms with Gasteiger partial charge in [0.25, 0.3) is 5.91 Å². The van der Waals surface area contributed by atoms with E-state index >= 15 is 0 Å². The molecule has 1 amide bonds. The lowest BCUT2D eigenvalue weighted by Crippen LogP contribution is -2.53. The molecule has 22 heavy (non-hydrogen) atoms. The summed E-state index contributed by atoms with van der Waals surface area (Å²) in [4.78, 5) is 31.1. The molecular weight excluding hydrogens is 280 g/mol. The molecule has 5 nitrogen and oxygen atoms in total. The fourth-order valence-corrected chi connectivity index (χ4v) is 3.35. The number of hydrogen-bond acceptors (Lipinski definition) is 4. The average Bonchev–Trinajstić information content (AvgIpc) is 2.95. The van der Waals surface area contributed by atoms with Gasteiger partial charge in [0, 0.05) is 24.6 Å². The SMILES string of the molecule is Cc1ccc(C(=O)N2CCOCC2C2CCCC2=O)nc1C. The molecule has 118 valence electrons. The van der Waals surface area contributed by atoms with Gasteiger partial charge < -0.3 is 9.64 Å². The molecule has 0 radical (unpaired) electrons. The summed E-state index contributed by atoms with van der Waals surface area (Å²) in [6.07, 6.45) is 2.41. The number of aromatic nitrogens is 1. The topological polar surface area (TPSA) is 59.5 Å². The third kappa shape index (κ3) is 2.77. The monoisotopic (exact) mass is 302 g/mol. The average molecular weight is 302 g/mol. The largest absolute Gasteiger partial charge is 0.377 e. The molecule has 1 aromatic heterocycles. The smallest absolute Gasteiger partial charge is 0.272 e. The van der Waals surface area contributed by atoms with Crippen LogP contribution in [0.4, 0.5) is 0 Å². The molecule has 0 aromatic carbocycles. The summed E-state index contributed by atoms with van der Waals surface area (Å²) in [5.41, 5.74) is 2.40. The predicted octanol–water partition coefficient (Wildman–Crippen LogP) is 1.91. The Labute approximate surface area is 130 Å². The summed E-state index contributed by atoms with van der Waals surface area (Å²) >= 11 is 0. The van der Waals surface area contributed by atoms with Gasteiger partial charge in [0.15, 0.2) is 0 Å². The van der Waals surface area contributed by atoms with Gasteiger partial charge in [0.1, 0.15) is 11.5 Å². The van der Waals surface area contributed by atoms with Gasteiger partial charge in [-0.25, -0.2) is 4.98 Å². The number of carbonyl (C=O) groups is 2. The molecule has 3 rings (SSSR count). The highest BCUT2D eigenvalue weighted by molar-refractivity contribution is 5.93. The van der Waals surface area contributed by atoms with Crippen molar-refractivity contribution in [2.45, 2.75) is 39.2 Å². The molecule has 0 spiro atoms. The molecule has 2 heterocycles. The predicted molar refractivity (Wildman–Crippen MR) is 81.7 cm³/mol. The number of carbonyl (C=O) groups excluding carboxylic acids is 2. The molecule has 1 saturated heterocycles. The van der Waals surface area contributed by atoms with Crippen molar-refractivity contribution in [1.29, 1.82) is 0 Å². The van der Waals surface area contributed by atoms with Crippen molar-refractivity contribution in [3.05, 3.63) is 29.1 Å². The molecule has 2 aliphatic rings. The Balaban J connectivity index is 1.84. The van der Waals surface area contributed by atoms with Crippen molar-refractivity contribution in [3.63, 3.8) is 0 Å². The van der Waals surface area contributed by atoms with E-state index in [2.05, 4.69) is 4.98 Å². The number of morpholine rings is 1. The quantitative estimate of drug-likeness (QED) is 0.837. The van der Waals surface area contributed by atoms with E-state index in [1.54, 1.807) is 11.0 Å². The number of pyridine rings is 1. The van der Waals surface area contributed by atoms with Crippen molar-refractivity contribution < 1.29 is 14.3 Å². The van der Waals surface area contributed by atoms with Crippen LogP contribution < -0.4 is 0 Å². The van der Waals surface area contributed by atoms with E-state index in [0.717, 1.165) is 24.1 Å². The van der Waals surface area contributed by atoms with Crippen molar-refractivity contribution in [3.8, 4) is 0 Å². The van der Waals surface area contributed by atoms with Gasteiger partial charge in [-0.1, -0.05) is 6.07 Å². The molecular formula is C17H22N2O3. The molecule has 0 N–H and O–H groups in total. The number of ketones is 1. The number of amides is 1. The van der Waals surface area contributed by atoms with Crippen molar-refractivity contribution in [1.82, 2.24) is 9.88 Å². The third-order valence-corrected chi connectivity index (χ3v) is 4.81. The normalized spacial score (nSPS) is 25.5. The van der Waals surface area contributed by atoms with Crippen molar-refractivity contribution >= 4 is 11.7 Å². The van der Waals surface area contributed by atoms with E-state index in [1.807, 2.05) is 19.9 Å². The second-order valence-electron chi connectivity index (χ2n) is 6.20. The van der Waals surface area contributed by atoms with Gasteiger partial charge in [-0.3, -0.25) is 9.59 Å². The number of ether oxygens (including phenoxy) is 1. The lowest BCUT2D eigenvalue weighted by molar-refractivity contribution is -0.124. The maximum absolute atomic E-state index is 12.8. The van der Waals surface area contributed by atoms with Gasteiger partial charge in [-0.2, -0.15) is 0 Å². The number of rotatable bonds is 2. The van der Waals surface area contributed by atoms with Crippen molar-refractivity contribution in [2.24, 2.45) is 5.92 Å². The van der Waals surface area contributed by atoms with Crippen LogP contribution >= 0.6 is 0 Å². The highest BCUT2D eigenvalue weighted by atomic mass is 16.5. The maximum atomic E-state index is 12.8. The number of hydrogen-bond donors (Lipinski definition) is 0. The molecule has 2 atom stereocenters. The van der Waals surface area contributed by atoms with Crippen LogP contribution in [0.3, 0.4) is 0 Å². The molecule has 5 heteroatoms. The highest BCUT2D eigenvalue weighted by Crippen LogP contribution is 2.29. The Morgan fingerprint density at radius 2 is 2.18 bits per heavy atom. The van der Waals surface area contributed by atoms with Gasteiger partial charge in [0.05, 0.1) is 19.3 Å². The molecule has 1 saturated carbocycles. The summed E-state index contributed by atoms with van der Waals surface area (Å²) in [5, 5.41) is 0. The lowest BCUT2D eigenvalue weighted by Gasteiger charge is -2.38. The summed E-state index contributed by atoms with van der Waals surface area (Å²) < 4.78 is 5.54. The Bertz CT molecular complexity index is 600. The zero-order valence-electron chi connectivity index (χ0n) is 13.2. The van der Waals surface area contributed by atoms with E-state index in [4.69, 9.17) is 4.74 Å². The zero-order valence-corrected chi connectivity index (χ0v) is 13.2. The molecule has 0 bridgehead atoms. The van der Waals surface area contributed by atoms with Crippen LogP contribution in [0, 0.1) is 19.8 Å². The maximum Gasteiger partial charge on any atom is 0.272 e. The van der Waals surface area contributed by atoms with Gasteiger partial charge >= 0.3 is 0 Å². The molecule has 1 aromatic rings. The standard InChI is InChI=1S/C17H22N2O3/c1-11-6-7-14(18-12(11)2)17(21)19-8-9-22-10-15(19)13-4-3-5-16(13)20/h6-7,13,15H,3-5,8-10H2,1-2H3. The summed E-state index contributed by atoms with van der Waals surface area (Å²) in [7, 11) is 0. The fraction of sp³-hybridized carbons (Fsp3) is 0.588. The Kier molecular flexibility index (Phi) is 4.25. The Hall–Kier alpha value is -1.75. The third-order valence-electron chi connectivity index (χ3n) is 4.81. The van der Waals surface area contributed by atoms with E-state index < -0.39 is 0 Å². The Morgan fingerprint density at radius 1 is 1.36 bits per heavy atom. The number of nitrogens with zero attached hydrogens (tertiary/aromatic N) is 2. The van der Waals surface area contributed by atoms with Crippen LogP contribution in [0.2, 0.25) is 0 Å². The van der Waals surface area contributed by atoms with E-state index in [-0.39, 0.29) is 23.7 Å². The minimum atomic E-state index is -0.139. The first-order valence-corrected chi connectivity index (χ1v) is 7.93. The Morgan fingerprint density at radius 3 is 2.86 bits per heavy atom. The van der Waals surface area contributed by atoms with Crippen molar-refractivity contribution in [2.75, 3.05) is 19.8 Å². The zero-order chi connectivity index (χ0) is 15.7. The fourth-order valence-electron chi connectivity index (χ4n) is 3.35. The van der Waals surface area contributed by atoms with Crippen LogP contribution in [0.25, 0.3) is 0 Å². The first-order valence-electron chi connectivity index (χ1n) is 7.93. The van der Waals surface area contributed by atoms with E-state index in [0.29, 0.717) is 31.9 Å². The summed E-state index contributed by atoms with van der Waals surface area (Å²) in [6.45, 7) is 5.39. The van der Waals surface area contributed by atoms with Crippen LogP contribution in [0.15, 0.2) is 12.1 Å². The minimum absolute atomic E-state index is 0.0733. The molecule has 1 aliphatic carbocycles.